The summed E-state index contributed by atoms with van der Waals surface area (Å²) >= 11 is 0. The summed E-state index contributed by atoms with van der Waals surface area (Å²) in [6, 6.07) is 13.0. The Morgan fingerprint density at radius 3 is 2.76 bits per heavy atom. The zero-order valence-corrected chi connectivity index (χ0v) is 16.7. The van der Waals surface area contributed by atoms with Gasteiger partial charge in [0.2, 0.25) is 5.91 Å². The third-order valence-corrected chi connectivity index (χ3v) is 4.43. The Balaban J connectivity index is 1.46. The van der Waals surface area contributed by atoms with Crippen LogP contribution in [0.3, 0.4) is 0 Å². The topological polar surface area (TPSA) is 96.3 Å². The van der Waals surface area contributed by atoms with Crippen molar-refractivity contribution in [3.05, 3.63) is 59.5 Å². The number of aryl methyl sites for hydroxylation is 1. The highest BCUT2D eigenvalue weighted by molar-refractivity contribution is 5.90. The molecule has 0 bridgehead atoms. The summed E-state index contributed by atoms with van der Waals surface area (Å²) in [5, 5.41) is 8.55. The average molecular weight is 394 g/mol. The number of hydrogen-bond acceptors (Lipinski definition) is 4. The first-order valence-electron chi connectivity index (χ1n) is 9.80. The summed E-state index contributed by atoms with van der Waals surface area (Å²) < 4.78 is 5.53. The number of carbonyl (C=O) groups excluding carboxylic acids is 2. The lowest BCUT2D eigenvalue weighted by atomic mass is 10.1. The lowest BCUT2D eigenvalue weighted by Crippen LogP contribution is -2.36. The summed E-state index contributed by atoms with van der Waals surface area (Å²) in [5.41, 5.74) is 4.29. The molecule has 0 spiro atoms. The minimum atomic E-state index is -0.242. The van der Waals surface area contributed by atoms with Gasteiger partial charge in [-0.1, -0.05) is 31.2 Å². The van der Waals surface area contributed by atoms with Crippen LogP contribution in [0.25, 0.3) is 11.1 Å². The second-order valence-electron chi connectivity index (χ2n) is 6.85. The van der Waals surface area contributed by atoms with E-state index in [4.69, 9.17) is 4.42 Å². The van der Waals surface area contributed by atoms with E-state index in [1.807, 2.05) is 56.3 Å². The number of aromatic nitrogens is 1. The van der Waals surface area contributed by atoms with Crippen LogP contribution < -0.4 is 16.0 Å². The number of nitrogens with zero attached hydrogens (tertiary/aromatic N) is 1. The molecule has 3 aromatic rings. The molecule has 0 atom stereocenters. The van der Waals surface area contributed by atoms with Gasteiger partial charge in [-0.05, 0) is 42.2 Å². The van der Waals surface area contributed by atoms with Crippen molar-refractivity contribution >= 4 is 28.7 Å². The maximum absolute atomic E-state index is 12.1. The number of oxazole rings is 1. The molecular weight excluding hydrogens is 368 g/mol. The van der Waals surface area contributed by atoms with Crippen molar-refractivity contribution in [3.63, 3.8) is 0 Å². The lowest BCUT2D eigenvalue weighted by molar-refractivity contribution is -0.116. The number of benzene rings is 2. The van der Waals surface area contributed by atoms with E-state index < -0.39 is 0 Å². The first kappa shape index (κ1) is 20.4. The van der Waals surface area contributed by atoms with Crippen molar-refractivity contribution in [2.75, 3.05) is 11.9 Å². The van der Waals surface area contributed by atoms with Crippen molar-refractivity contribution in [2.45, 2.75) is 39.7 Å². The molecule has 7 heteroatoms. The molecule has 7 nitrogen and oxygen atoms in total. The number of rotatable bonds is 8. The van der Waals surface area contributed by atoms with E-state index in [0.29, 0.717) is 31.8 Å². The SMILES string of the molecule is CCCC(=O)Nc1cccc(CNC(=O)NCCc2cccc3oc(C)nc23)c1. The van der Waals surface area contributed by atoms with Gasteiger partial charge in [0.05, 0.1) is 0 Å². The van der Waals surface area contributed by atoms with Crippen LogP contribution in [0.2, 0.25) is 0 Å². The molecule has 0 saturated heterocycles. The van der Waals surface area contributed by atoms with Gasteiger partial charge >= 0.3 is 6.03 Å². The number of amides is 3. The van der Waals surface area contributed by atoms with Crippen LogP contribution in [0.1, 0.15) is 36.8 Å². The molecule has 1 aromatic heterocycles. The standard InChI is InChI=1S/C22H26N4O3/c1-3-6-20(27)26-18-9-4-7-16(13-18)14-24-22(28)23-12-11-17-8-5-10-19-21(17)25-15(2)29-19/h4-5,7-10,13H,3,6,11-12,14H2,1-2H3,(H,26,27)(H2,23,24,28). The van der Waals surface area contributed by atoms with Gasteiger partial charge in [-0.2, -0.15) is 0 Å². The monoisotopic (exact) mass is 394 g/mol. The summed E-state index contributed by atoms with van der Waals surface area (Å²) in [6.45, 7) is 4.65. The van der Waals surface area contributed by atoms with E-state index in [2.05, 4.69) is 20.9 Å². The Morgan fingerprint density at radius 1 is 1.10 bits per heavy atom. The number of para-hydroxylation sites is 1. The fourth-order valence-corrected chi connectivity index (χ4v) is 3.08. The maximum Gasteiger partial charge on any atom is 0.315 e. The van der Waals surface area contributed by atoms with Crippen LogP contribution in [0.5, 0.6) is 0 Å². The van der Waals surface area contributed by atoms with Crippen molar-refractivity contribution in [3.8, 4) is 0 Å². The van der Waals surface area contributed by atoms with Gasteiger partial charge in [0, 0.05) is 32.1 Å². The predicted octanol–water partition coefficient (Wildman–Crippen LogP) is 3.92. The first-order valence-corrected chi connectivity index (χ1v) is 9.80. The molecule has 0 aliphatic rings. The van der Waals surface area contributed by atoms with Crippen molar-refractivity contribution in [2.24, 2.45) is 0 Å². The molecule has 29 heavy (non-hydrogen) atoms. The van der Waals surface area contributed by atoms with Crippen LogP contribution >= 0.6 is 0 Å². The lowest BCUT2D eigenvalue weighted by Gasteiger charge is -2.10. The van der Waals surface area contributed by atoms with E-state index in [9.17, 15) is 9.59 Å². The molecule has 0 aliphatic heterocycles. The second kappa shape index (κ2) is 9.73. The van der Waals surface area contributed by atoms with E-state index in [1.165, 1.54) is 0 Å². The minimum absolute atomic E-state index is 0.00678. The predicted molar refractivity (Wildman–Crippen MR) is 113 cm³/mol. The molecule has 1 heterocycles. The Bertz CT molecular complexity index is 997. The Labute approximate surface area is 169 Å². The van der Waals surface area contributed by atoms with Crippen molar-refractivity contribution < 1.29 is 14.0 Å². The van der Waals surface area contributed by atoms with E-state index in [-0.39, 0.29) is 11.9 Å². The van der Waals surface area contributed by atoms with Gasteiger partial charge in [-0.3, -0.25) is 4.79 Å². The first-order chi connectivity index (χ1) is 14.0. The van der Waals surface area contributed by atoms with Gasteiger partial charge in [-0.25, -0.2) is 9.78 Å². The highest BCUT2D eigenvalue weighted by Crippen LogP contribution is 2.19. The maximum atomic E-state index is 12.1. The van der Waals surface area contributed by atoms with Gasteiger partial charge in [0.15, 0.2) is 11.5 Å². The number of urea groups is 1. The Morgan fingerprint density at radius 2 is 1.93 bits per heavy atom. The fourth-order valence-electron chi connectivity index (χ4n) is 3.08. The molecule has 3 rings (SSSR count). The molecule has 152 valence electrons. The second-order valence-corrected chi connectivity index (χ2v) is 6.85. The quantitative estimate of drug-likeness (QED) is 0.540. The van der Waals surface area contributed by atoms with E-state index >= 15 is 0 Å². The van der Waals surface area contributed by atoms with Gasteiger partial charge in [-0.15, -0.1) is 0 Å². The van der Waals surface area contributed by atoms with Crippen molar-refractivity contribution in [1.82, 2.24) is 15.6 Å². The van der Waals surface area contributed by atoms with E-state index in [1.54, 1.807) is 0 Å². The summed E-state index contributed by atoms with van der Waals surface area (Å²) in [6.07, 6.45) is 1.96. The van der Waals surface area contributed by atoms with Crippen LogP contribution in [0.4, 0.5) is 10.5 Å². The number of fused-ring (bicyclic) bond motifs is 1. The van der Waals surface area contributed by atoms with Crippen LogP contribution in [-0.2, 0) is 17.8 Å². The fraction of sp³-hybridized carbons (Fsp3) is 0.318. The number of nitrogens with one attached hydrogen (secondary N) is 3. The molecule has 0 radical (unpaired) electrons. The molecule has 3 N–H and O–H groups in total. The third kappa shape index (κ3) is 5.81. The Hall–Kier alpha value is -3.35. The Kier molecular flexibility index (Phi) is 6.84. The zero-order valence-electron chi connectivity index (χ0n) is 16.7. The number of carbonyl (C=O) groups is 2. The van der Waals surface area contributed by atoms with Gasteiger partial charge in [0.25, 0.3) is 0 Å². The minimum Gasteiger partial charge on any atom is -0.441 e. The van der Waals surface area contributed by atoms with Crippen molar-refractivity contribution in [1.29, 1.82) is 0 Å². The average Bonchev–Trinajstić information content (AvgIpc) is 3.08. The largest absolute Gasteiger partial charge is 0.441 e. The molecular formula is C22H26N4O3. The third-order valence-electron chi connectivity index (χ3n) is 4.43. The summed E-state index contributed by atoms with van der Waals surface area (Å²) in [7, 11) is 0. The van der Waals surface area contributed by atoms with Gasteiger partial charge in [0.1, 0.15) is 5.52 Å². The zero-order chi connectivity index (χ0) is 20.6. The molecule has 0 unspecified atom stereocenters. The summed E-state index contributed by atoms with van der Waals surface area (Å²) in [5.74, 6) is 0.624. The van der Waals surface area contributed by atoms with Crippen LogP contribution in [0, 0.1) is 6.92 Å². The molecule has 0 aliphatic carbocycles. The number of hydrogen-bond donors (Lipinski definition) is 3. The van der Waals surface area contributed by atoms with E-state index in [0.717, 1.165) is 34.3 Å². The molecule has 0 fully saturated rings. The number of anilines is 1. The molecule has 3 amide bonds. The molecule has 0 saturated carbocycles. The molecule has 2 aromatic carbocycles. The normalized spacial score (nSPS) is 10.7. The van der Waals surface area contributed by atoms with Crippen LogP contribution in [-0.4, -0.2) is 23.5 Å². The van der Waals surface area contributed by atoms with Gasteiger partial charge < -0.3 is 20.4 Å². The highest BCUT2D eigenvalue weighted by Gasteiger charge is 2.08. The smallest absolute Gasteiger partial charge is 0.315 e. The van der Waals surface area contributed by atoms with Crippen LogP contribution in [0.15, 0.2) is 46.9 Å². The highest BCUT2D eigenvalue weighted by atomic mass is 16.3. The summed E-state index contributed by atoms with van der Waals surface area (Å²) in [4.78, 5) is 28.2.